The summed E-state index contributed by atoms with van der Waals surface area (Å²) in [5.41, 5.74) is 0. The second kappa shape index (κ2) is 5.84. The number of carbonyl (C=O) groups is 2. The SMILES string of the molecule is CC(C)C(CNC(=O)[C@H]1CCCN1)C(=O)O. The Morgan fingerprint density at radius 1 is 1.50 bits per heavy atom. The number of aliphatic carboxylic acids is 1. The molecule has 0 bridgehead atoms. The molecule has 1 heterocycles. The fraction of sp³-hybridized carbons (Fsp3) is 0.818. The fourth-order valence-corrected chi connectivity index (χ4v) is 1.85. The molecule has 1 amide bonds. The normalized spacial score (nSPS) is 22.1. The average molecular weight is 228 g/mol. The van der Waals surface area contributed by atoms with E-state index < -0.39 is 11.9 Å². The van der Waals surface area contributed by atoms with Crippen LogP contribution in [0.1, 0.15) is 26.7 Å². The minimum absolute atomic E-state index is 0.0225. The second-order valence-corrected chi connectivity index (χ2v) is 4.58. The Hall–Kier alpha value is -1.10. The third kappa shape index (κ3) is 3.48. The van der Waals surface area contributed by atoms with Crippen molar-refractivity contribution in [3.05, 3.63) is 0 Å². The summed E-state index contributed by atoms with van der Waals surface area (Å²) in [6.45, 7) is 4.77. The third-order valence-electron chi connectivity index (χ3n) is 2.99. The van der Waals surface area contributed by atoms with Gasteiger partial charge in [0.05, 0.1) is 12.0 Å². The molecule has 1 saturated heterocycles. The summed E-state index contributed by atoms with van der Waals surface area (Å²) in [5, 5.41) is 14.7. The van der Waals surface area contributed by atoms with E-state index >= 15 is 0 Å². The predicted molar refractivity (Wildman–Crippen MR) is 60.0 cm³/mol. The van der Waals surface area contributed by atoms with Crippen LogP contribution in [0, 0.1) is 11.8 Å². The number of rotatable bonds is 5. The van der Waals surface area contributed by atoms with Crippen LogP contribution in [-0.2, 0) is 9.59 Å². The van der Waals surface area contributed by atoms with Crippen molar-refractivity contribution in [2.75, 3.05) is 13.1 Å². The minimum Gasteiger partial charge on any atom is -0.481 e. The molecule has 1 unspecified atom stereocenters. The van der Waals surface area contributed by atoms with Gasteiger partial charge >= 0.3 is 5.97 Å². The first kappa shape index (κ1) is 13.0. The summed E-state index contributed by atoms with van der Waals surface area (Å²) < 4.78 is 0. The Morgan fingerprint density at radius 3 is 2.62 bits per heavy atom. The zero-order chi connectivity index (χ0) is 12.1. The van der Waals surface area contributed by atoms with Gasteiger partial charge in [0.2, 0.25) is 5.91 Å². The van der Waals surface area contributed by atoms with Crippen molar-refractivity contribution >= 4 is 11.9 Å². The monoisotopic (exact) mass is 228 g/mol. The topological polar surface area (TPSA) is 78.4 Å². The standard InChI is InChI=1S/C11H20N2O3/c1-7(2)8(11(15)16)6-13-10(14)9-4-3-5-12-9/h7-9,12H,3-6H2,1-2H3,(H,13,14)(H,15,16)/t8?,9-/m1/s1. The van der Waals surface area contributed by atoms with Crippen LogP contribution < -0.4 is 10.6 Å². The molecule has 5 nitrogen and oxygen atoms in total. The van der Waals surface area contributed by atoms with E-state index in [2.05, 4.69) is 10.6 Å². The molecule has 0 saturated carbocycles. The molecule has 2 atom stereocenters. The molecule has 3 N–H and O–H groups in total. The van der Waals surface area contributed by atoms with Crippen molar-refractivity contribution in [1.29, 1.82) is 0 Å². The molecule has 16 heavy (non-hydrogen) atoms. The number of carboxylic acid groups (broad SMARTS) is 1. The van der Waals surface area contributed by atoms with Crippen molar-refractivity contribution in [1.82, 2.24) is 10.6 Å². The van der Waals surface area contributed by atoms with Gasteiger partial charge < -0.3 is 15.7 Å². The molecule has 1 aliphatic rings. The van der Waals surface area contributed by atoms with Crippen LogP contribution in [0.4, 0.5) is 0 Å². The number of carbonyl (C=O) groups excluding carboxylic acids is 1. The largest absolute Gasteiger partial charge is 0.481 e. The van der Waals surface area contributed by atoms with Gasteiger partial charge in [-0.25, -0.2) is 0 Å². The highest BCUT2D eigenvalue weighted by atomic mass is 16.4. The number of carboxylic acids is 1. The summed E-state index contributed by atoms with van der Waals surface area (Å²) >= 11 is 0. The van der Waals surface area contributed by atoms with E-state index in [0.29, 0.717) is 0 Å². The lowest BCUT2D eigenvalue weighted by Gasteiger charge is -2.18. The molecule has 92 valence electrons. The van der Waals surface area contributed by atoms with Gasteiger partial charge in [0.1, 0.15) is 0 Å². The summed E-state index contributed by atoms with van der Waals surface area (Å²) in [6.07, 6.45) is 1.84. The van der Waals surface area contributed by atoms with Gasteiger partial charge in [-0.15, -0.1) is 0 Å². The molecule has 0 radical (unpaired) electrons. The van der Waals surface area contributed by atoms with E-state index in [4.69, 9.17) is 5.11 Å². The van der Waals surface area contributed by atoms with Gasteiger partial charge in [0, 0.05) is 6.54 Å². The second-order valence-electron chi connectivity index (χ2n) is 4.58. The predicted octanol–water partition coefficient (Wildman–Crippen LogP) is 0.211. The van der Waals surface area contributed by atoms with E-state index in [9.17, 15) is 9.59 Å². The zero-order valence-corrected chi connectivity index (χ0v) is 9.82. The lowest BCUT2D eigenvalue weighted by molar-refractivity contribution is -0.143. The number of hydrogen-bond donors (Lipinski definition) is 3. The van der Waals surface area contributed by atoms with Crippen LogP contribution in [0.5, 0.6) is 0 Å². The van der Waals surface area contributed by atoms with Crippen LogP contribution >= 0.6 is 0 Å². The first-order valence-electron chi connectivity index (χ1n) is 5.76. The third-order valence-corrected chi connectivity index (χ3v) is 2.99. The van der Waals surface area contributed by atoms with Crippen LogP contribution in [0.3, 0.4) is 0 Å². The van der Waals surface area contributed by atoms with Crippen molar-refractivity contribution in [3.8, 4) is 0 Å². The fourth-order valence-electron chi connectivity index (χ4n) is 1.85. The highest BCUT2D eigenvalue weighted by Gasteiger charge is 2.25. The van der Waals surface area contributed by atoms with E-state index in [1.807, 2.05) is 13.8 Å². The van der Waals surface area contributed by atoms with Crippen LogP contribution in [0.15, 0.2) is 0 Å². The Balaban J connectivity index is 2.36. The van der Waals surface area contributed by atoms with Crippen molar-refractivity contribution in [3.63, 3.8) is 0 Å². The van der Waals surface area contributed by atoms with Crippen molar-refractivity contribution in [2.24, 2.45) is 11.8 Å². The maximum atomic E-state index is 11.6. The van der Waals surface area contributed by atoms with Crippen LogP contribution in [0.2, 0.25) is 0 Å². The molecular weight excluding hydrogens is 208 g/mol. The van der Waals surface area contributed by atoms with Gasteiger partial charge in [0.25, 0.3) is 0 Å². The van der Waals surface area contributed by atoms with E-state index in [1.54, 1.807) is 0 Å². The molecular formula is C11H20N2O3. The lowest BCUT2D eigenvalue weighted by atomic mass is 9.96. The first-order chi connectivity index (χ1) is 7.52. The quantitative estimate of drug-likeness (QED) is 0.628. The van der Waals surface area contributed by atoms with Gasteiger partial charge in [-0.3, -0.25) is 9.59 Å². The summed E-state index contributed by atoms with van der Waals surface area (Å²) in [4.78, 5) is 22.5. The highest BCUT2D eigenvalue weighted by Crippen LogP contribution is 2.10. The molecule has 1 aliphatic heterocycles. The van der Waals surface area contributed by atoms with Gasteiger partial charge in [-0.05, 0) is 25.3 Å². The van der Waals surface area contributed by atoms with Crippen molar-refractivity contribution < 1.29 is 14.7 Å². The van der Waals surface area contributed by atoms with Crippen LogP contribution in [-0.4, -0.2) is 36.1 Å². The first-order valence-corrected chi connectivity index (χ1v) is 5.76. The summed E-state index contributed by atoms with van der Waals surface area (Å²) in [7, 11) is 0. The van der Waals surface area contributed by atoms with Gasteiger partial charge in [-0.2, -0.15) is 0 Å². The van der Waals surface area contributed by atoms with Gasteiger partial charge in [0.15, 0.2) is 0 Å². The summed E-state index contributed by atoms with van der Waals surface area (Å²) in [6, 6.07) is -0.137. The Morgan fingerprint density at radius 2 is 2.19 bits per heavy atom. The minimum atomic E-state index is -0.852. The molecule has 0 aromatic carbocycles. The zero-order valence-electron chi connectivity index (χ0n) is 9.82. The Bertz CT molecular complexity index is 260. The Kier molecular flexibility index (Phi) is 4.73. The maximum absolute atomic E-state index is 11.6. The van der Waals surface area contributed by atoms with Gasteiger partial charge in [-0.1, -0.05) is 13.8 Å². The number of amides is 1. The molecule has 1 rings (SSSR count). The smallest absolute Gasteiger partial charge is 0.308 e. The van der Waals surface area contributed by atoms with E-state index in [1.165, 1.54) is 0 Å². The highest BCUT2D eigenvalue weighted by molar-refractivity contribution is 5.82. The van der Waals surface area contributed by atoms with Crippen LogP contribution in [0.25, 0.3) is 0 Å². The molecule has 0 aliphatic carbocycles. The number of hydrogen-bond acceptors (Lipinski definition) is 3. The Labute approximate surface area is 95.6 Å². The van der Waals surface area contributed by atoms with E-state index in [-0.39, 0.29) is 24.4 Å². The number of nitrogens with one attached hydrogen (secondary N) is 2. The molecule has 5 heteroatoms. The maximum Gasteiger partial charge on any atom is 0.308 e. The average Bonchev–Trinajstić information content (AvgIpc) is 2.69. The van der Waals surface area contributed by atoms with E-state index in [0.717, 1.165) is 19.4 Å². The molecule has 0 aromatic rings. The van der Waals surface area contributed by atoms with Crippen molar-refractivity contribution in [2.45, 2.75) is 32.7 Å². The molecule has 0 aromatic heterocycles. The molecule has 1 fully saturated rings. The molecule has 0 spiro atoms. The summed E-state index contributed by atoms with van der Waals surface area (Å²) in [5.74, 6) is -1.42. The lowest BCUT2D eigenvalue weighted by Crippen LogP contribution is -2.44.